The first-order valence-electron chi connectivity index (χ1n) is 4.94. The smallest absolute Gasteiger partial charge is 0.0638 e. The van der Waals surface area contributed by atoms with Crippen molar-refractivity contribution in [2.24, 2.45) is 5.92 Å². The minimum atomic E-state index is 0.725. The minimum Gasteiger partial charge on any atom is -0.384 e. The van der Waals surface area contributed by atoms with Gasteiger partial charge in [-0.25, -0.2) is 0 Å². The van der Waals surface area contributed by atoms with Gasteiger partial charge in [0.15, 0.2) is 0 Å². The highest BCUT2D eigenvalue weighted by molar-refractivity contribution is 6.35. The average Bonchev–Trinajstić information content (AvgIpc) is 2.95. The van der Waals surface area contributed by atoms with Crippen molar-refractivity contribution < 1.29 is 0 Å². The maximum atomic E-state index is 6.01. The van der Waals surface area contributed by atoms with Crippen molar-refractivity contribution in [1.29, 1.82) is 0 Å². The first-order valence-corrected chi connectivity index (χ1v) is 5.70. The van der Waals surface area contributed by atoms with Crippen LogP contribution in [0, 0.1) is 5.92 Å². The van der Waals surface area contributed by atoms with Crippen LogP contribution in [0.1, 0.15) is 19.3 Å². The molecule has 0 aliphatic heterocycles. The average molecular weight is 230 g/mol. The predicted molar refractivity (Wildman–Crippen MR) is 62.3 cm³/mol. The molecule has 0 heterocycles. The van der Waals surface area contributed by atoms with Gasteiger partial charge < -0.3 is 5.32 Å². The third-order valence-electron chi connectivity index (χ3n) is 2.49. The van der Waals surface area contributed by atoms with E-state index in [1.54, 1.807) is 6.07 Å². The molecular weight excluding hydrogens is 217 g/mol. The van der Waals surface area contributed by atoms with Gasteiger partial charge in [0.05, 0.1) is 10.7 Å². The molecule has 0 bridgehead atoms. The van der Waals surface area contributed by atoms with Gasteiger partial charge in [0.25, 0.3) is 0 Å². The standard InChI is InChI=1S/C11H13Cl2N/c12-9-3-4-10(13)11(7-9)14-6-5-8-1-2-8/h3-4,7-8,14H,1-2,5-6H2. The molecule has 0 spiro atoms. The molecule has 1 fully saturated rings. The molecule has 1 nitrogen and oxygen atoms in total. The van der Waals surface area contributed by atoms with Crippen LogP contribution in [0.25, 0.3) is 0 Å². The molecule has 1 saturated carbocycles. The fourth-order valence-electron chi connectivity index (χ4n) is 1.45. The van der Waals surface area contributed by atoms with Crippen LogP contribution in [0.5, 0.6) is 0 Å². The first-order chi connectivity index (χ1) is 6.75. The van der Waals surface area contributed by atoms with Gasteiger partial charge in [0.2, 0.25) is 0 Å². The van der Waals surface area contributed by atoms with Crippen LogP contribution < -0.4 is 5.32 Å². The van der Waals surface area contributed by atoms with E-state index in [-0.39, 0.29) is 0 Å². The molecule has 0 saturated heterocycles. The number of nitrogens with one attached hydrogen (secondary N) is 1. The van der Waals surface area contributed by atoms with Crippen LogP contribution in [0.15, 0.2) is 18.2 Å². The van der Waals surface area contributed by atoms with E-state index in [9.17, 15) is 0 Å². The molecule has 1 aliphatic rings. The van der Waals surface area contributed by atoms with Crippen LogP contribution in [0.2, 0.25) is 10.0 Å². The molecular formula is C11H13Cl2N. The van der Waals surface area contributed by atoms with Crippen molar-refractivity contribution in [2.45, 2.75) is 19.3 Å². The van der Waals surface area contributed by atoms with E-state index in [2.05, 4.69) is 5.32 Å². The topological polar surface area (TPSA) is 12.0 Å². The van der Waals surface area contributed by atoms with Crippen molar-refractivity contribution in [1.82, 2.24) is 0 Å². The van der Waals surface area contributed by atoms with Crippen molar-refractivity contribution in [2.75, 3.05) is 11.9 Å². The number of hydrogen-bond acceptors (Lipinski definition) is 1. The van der Waals surface area contributed by atoms with Gasteiger partial charge >= 0.3 is 0 Å². The Balaban J connectivity index is 1.89. The summed E-state index contributed by atoms with van der Waals surface area (Å²) in [4.78, 5) is 0. The minimum absolute atomic E-state index is 0.725. The molecule has 1 N–H and O–H groups in total. The zero-order valence-electron chi connectivity index (χ0n) is 7.89. The molecule has 0 atom stereocenters. The van der Waals surface area contributed by atoms with Gasteiger partial charge in [-0.15, -0.1) is 0 Å². The fraction of sp³-hybridized carbons (Fsp3) is 0.455. The molecule has 3 heteroatoms. The summed E-state index contributed by atoms with van der Waals surface area (Å²) >= 11 is 11.9. The Morgan fingerprint density at radius 1 is 1.29 bits per heavy atom. The summed E-state index contributed by atoms with van der Waals surface area (Å²) in [6.45, 7) is 0.991. The molecule has 1 aliphatic carbocycles. The van der Waals surface area contributed by atoms with E-state index in [4.69, 9.17) is 23.2 Å². The Kier molecular flexibility index (Phi) is 3.19. The lowest BCUT2D eigenvalue weighted by molar-refractivity contribution is 0.760. The van der Waals surface area contributed by atoms with E-state index in [1.165, 1.54) is 19.3 Å². The zero-order valence-corrected chi connectivity index (χ0v) is 9.41. The summed E-state index contributed by atoms with van der Waals surface area (Å²) in [6.07, 6.45) is 4.03. The number of hydrogen-bond donors (Lipinski definition) is 1. The van der Waals surface area contributed by atoms with Crippen LogP contribution in [-0.4, -0.2) is 6.54 Å². The van der Waals surface area contributed by atoms with Gasteiger partial charge in [0, 0.05) is 11.6 Å². The van der Waals surface area contributed by atoms with Crippen LogP contribution in [0.3, 0.4) is 0 Å². The number of rotatable bonds is 4. The largest absolute Gasteiger partial charge is 0.384 e. The van der Waals surface area contributed by atoms with E-state index >= 15 is 0 Å². The summed E-state index contributed by atoms with van der Waals surface area (Å²) in [5.41, 5.74) is 0.944. The maximum absolute atomic E-state index is 6.01. The maximum Gasteiger partial charge on any atom is 0.0638 e. The van der Waals surface area contributed by atoms with Crippen molar-refractivity contribution >= 4 is 28.9 Å². The summed E-state index contributed by atoms with van der Waals surface area (Å²) in [7, 11) is 0. The van der Waals surface area contributed by atoms with E-state index in [1.807, 2.05) is 12.1 Å². The molecule has 14 heavy (non-hydrogen) atoms. The third kappa shape index (κ3) is 2.79. The molecule has 1 aromatic rings. The van der Waals surface area contributed by atoms with Gasteiger partial charge in [-0.2, -0.15) is 0 Å². The van der Waals surface area contributed by atoms with Gasteiger partial charge in [0.1, 0.15) is 0 Å². The van der Waals surface area contributed by atoms with Gasteiger partial charge in [-0.3, -0.25) is 0 Å². The molecule has 0 aromatic heterocycles. The first kappa shape index (κ1) is 10.1. The predicted octanol–water partition coefficient (Wildman–Crippen LogP) is 4.21. The van der Waals surface area contributed by atoms with Crippen LogP contribution in [-0.2, 0) is 0 Å². The van der Waals surface area contributed by atoms with E-state index in [0.29, 0.717) is 0 Å². The molecule has 0 radical (unpaired) electrons. The highest BCUT2D eigenvalue weighted by Crippen LogP contribution is 2.32. The fourth-order valence-corrected chi connectivity index (χ4v) is 1.81. The van der Waals surface area contributed by atoms with Crippen molar-refractivity contribution in [3.63, 3.8) is 0 Å². The van der Waals surface area contributed by atoms with Gasteiger partial charge in [-0.05, 0) is 30.5 Å². The Hall–Kier alpha value is -0.400. The highest BCUT2D eigenvalue weighted by atomic mass is 35.5. The van der Waals surface area contributed by atoms with Gasteiger partial charge in [-0.1, -0.05) is 36.0 Å². The summed E-state index contributed by atoms with van der Waals surface area (Å²) < 4.78 is 0. The molecule has 0 unspecified atom stereocenters. The summed E-state index contributed by atoms with van der Waals surface area (Å²) in [5.74, 6) is 0.945. The Labute approximate surface area is 94.4 Å². The molecule has 2 rings (SSSR count). The molecule has 76 valence electrons. The highest BCUT2D eigenvalue weighted by Gasteiger charge is 2.20. The second-order valence-electron chi connectivity index (χ2n) is 3.78. The lowest BCUT2D eigenvalue weighted by Gasteiger charge is -2.07. The van der Waals surface area contributed by atoms with Crippen LogP contribution in [0.4, 0.5) is 5.69 Å². The lowest BCUT2D eigenvalue weighted by atomic mass is 10.2. The van der Waals surface area contributed by atoms with E-state index < -0.39 is 0 Å². The Morgan fingerprint density at radius 3 is 2.79 bits per heavy atom. The Morgan fingerprint density at radius 2 is 2.07 bits per heavy atom. The van der Waals surface area contributed by atoms with Crippen molar-refractivity contribution in [3.8, 4) is 0 Å². The Bertz CT molecular complexity index is 321. The SMILES string of the molecule is Clc1ccc(Cl)c(NCCC2CC2)c1. The molecule has 1 aromatic carbocycles. The van der Waals surface area contributed by atoms with Crippen molar-refractivity contribution in [3.05, 3.63) is 28.2 Å². The number of benzene rings is 1. The van der Waals surface area contributed by atoms with E-state index in [0.717, 1.165) is 28.2 Å². The monoisotopic (exact) mass is 229 g/mol. The lowest BCUT2D eigenvalue weighted by Crippen LogP contribution is -2.02. The summed E-state index contributed by atoms with van der Waals surface area (Å²) in [6, 6.07) is 5.50. The normalized spacial score (nSPS) is 15.6. The second-order valence-corrected chi connectivity index (χ2v) is 4.63. The van der Waals surface area contributed by atoms with Crippen LogP contribution >= 0.6 is 23.2 Å². The summed E-state index contributed by atoms with van der Waals surface area (Å²) in [5, 5.41) is 4.77. The zero-order chi connectivity index (χ0) is 9.97. The second kappa shape index (κ2) is 4.41. The number of halogens is 2. The third-order valence-corrected chi connectivity index (χ3v) is 3.06. The number of anilines is 1. The molecule has 0 amide bonds. The quantitative estimate of drug-likeness (QED) is 0.817.